The Balaban J connectivity index is 1.62. The van der Waals surface area contributed by atoms with E-state index in [-0.39, 0.29) is 0 Å². The molecule has 0 fully saturated rings. The van der Waals surface area contributed by atoms with Gasteiger partial charge in [-0.3, -0.25) is 0 Å². The summed E-state index contributed by atoms with van der Waals surface area (Å²) in [6.07, 6.45) is 3.55. The summed E-state index contributed by atoms with van der Waals surface area (Å²) >= 11 is 1.67. The topological polar surface area (TPSA) is 34.1 Å². The van der Waals surface area contributed by atoms with Crippen LogP contribution in [-0.4, -0.2) is 11.6 Å². The van der Waals surface area contributed by atoms with Crippen molar-refractivity contribution in [1.29, 1.82) is 0 Å². The van der Waals surface area contributed by atoms with Gasteiger partial charge in [0.1, 0.15) is 5.75 Å². The highest BCUT2D eigenvalue weighted by Crippen LogP contribution is 2.29. The lowest BCUT2D eigenvalue weighted by Crippen LogP contribution is -1.97. The first kappa shape index (κ1) is 15.8. The van der Waals surface area contributed by atoms with Crippen LogP contribution in [0.3, 0.4) is 0 Å². The molecule has 3 nitrogen and oxygen atoms in total. The summed E-state index contributed by atoms with van der Waals surface area (Å²) in [5.74, 6) is 0.937. The van der Waals surface area contributed by atoms with Gasteiger partial charge in [-0.2, -0.15) is 0 Å². The Morgan fingerprint density at radius 3 is 2.78 bits per heavy atom. The van der Waals surface area contributed by atoms with Crippen LogP contribution in [0.4, 0.5) is 5.13 Å². The fourth-order valence-corrected chi connectivity index (χ4v) is 3.28. The molecule has 0 atom stereocenters. The van der Waals surface area contributed by atoms with Crippen molar-refractivity contribution in [3.8, 4) is 5.75 Å². The Morgan fingerprint density at radius 1 is 1.09 bits per heavy atom. The summed E-state index contributed by atoms with van der Waals surface area (Å²) in [7, 11) is 0. The van der Waals surface area contributed by atoms with Gasteiger partial charge in [0, 0.05) is 6.54 Å². The summed E-state index contributed by atoms with van der Waals surface area (Å²) < 4.78 is 6.97. The molecule has 120 valence electrons. The minimum absolute atomic E-state index is 0.789. The van der Waals surface area contributed by atoms with Gasteiger partial charge in [0.05, 0.1) is 16.8 Å². The monoisotopic (exact) mass is 326 g/mol. The maximum absolute atomic E-state index is 5.81. The summed E-state index contributed by atoms with van der Waals surface area (Å²) in [5, 5.41) is 4.35. The quantitative estimate of drug-likeness (QED) is 0.557. The highest BCUT2D eigenvalue weighted by Gasteiger charge is 2.05. The van der Waals surface area contributed by atoms with Crippen molar-refractivity contribution in [3.63, 3.8) is 0 Å². The van der Waals surface area contributed by atoms with E-state index in [1.54, 1.807) is 11.3 Å². The minimum atomic E-state index is 0.789. The van der Waals surface area contributed by atoms with E-state index in [1.807, 2.05) is 18.2 Å². The predicted molar refractivity (Wildman–Crippen MR) is 98.4 cm³/mol. The molecule has 0 amide bonds. The first-order valence-corrected chi connectivity index (χ1v) is 8.98. The molecule has 1 aromatic heterocycles. The second-order valence-corrected chi connectivity index (χ2v) is 6.57. The van der Waals surface area contributed by atoms with E-state index < -0.39 is 0 Å². The molecule has 0 aliphatic carbocycles. The van der Waals surface area contributed by atoms with E-state index in [0.717, 1.165) is 40.7 Å². The van der Waals surface area contributed by atoms with E-state index in [0.29, 0.717) is 0 Å². The van der Waals surface area contributed by atoms with Gasteiger partial charge < -0.3 is 10.1 Å². The third-order valence-corrected chi connectivity index (χ3v) is 4.64. The summed E-state index contributed by atoms with van der Waals surface area (Å²) in [6, 6.07) is 16.5. The second kappa shape index (κ2) is 7.97. The number of thiazole rings is 1. The molecule has 1 N–H and O–H groups in total. The number of ether oxygens (including phenoxy) is 1. The van der Waals surface area contributed by atoms with Gasteiger partial charge in [0.25, 0.3) is 0 Å². The summed E-state index contributed by atoms with van der Waals surface area (Å²) in [4.78, 5) is 4.63. The zero-order valence-electron chi connectivity index (χ0n) is 13.4. The van der Waals surface area contributed by atoms with Crippen LogP contribution in [0.15, 0.2) is 48.5 Å². The molecule has 0 aliphatic heterocycles. The Morgan fingerprint density at radius 2 is 1.96 bits per heavy atom. The van der Waals surface area contributed by atoms with Gasteiger partial charge >= 0.3 is 0 Å². The van der Waals surface area contributed by atoms with Crippen molar-refractivity contribution < 1.29 is 4.74 Å². The van der Waals surface area contributed by atoms with Crippen LogP contribution in [0.25, 0.3) is 10.2 Å². The van der Waals surface area contributed by atoms with Crippen LogP contribution in [-0.2, 0) is 6.54 Å². The number of hydrogen-bond donors (Lipinski definition) is 1. The number of anilines is 1. The molecule has 1 heterocycles. The Kier molecular flexibility index (Phi) is 5.48. The predicted octanol–water partition coefficient (Wildman–Crippen LogP) is 5.48. The number of fused-ring (bicyclic) bond motifs is 1. The van der Waals surface area contributed by atoms with Gasteiger partial charge in [-0.05, 0) is 30.2 Å². The number of rotatable bonds is 8. The molecule has 3 rings (SSSR count). The summed E-state index contributed by atoms with van der Waals surface area (Å²) in [5.41, 5.74) is 2.28. The second-order valence-electron chi connectivity index (χ2n) is 5.54. The zero-order valence-corrected chi connectivity index (χ0v) is 14.2. The maximum atomic E-state index is 5.81. The Hall–Kier alpha value is -2.07. The molecule has 0 saturated heterocycles. The Bertz CT molecular complexity index is 739. The van der Waals surface area contributed by atoms with E-state index in [4.69, 9.17) is 4.74 Å². The molecule has 0 radical (unpaired) electrons. The lowest BCUT2D eigenvalue weighted by molar-refractivity contribution is 0.306. The largest absolute Gasteiger partial charge is 0.494 e. The first-order valence-electron chi connectivity index (χ1n) is 8.16. The molecule has 23 heavy (non-hydrogen) atoms. The van der Waals surface area contributed by atoms with Crippen molar-refractivity contribution in [3.05, 3.63) is 54.1 Å². The third kappa shape index (κ3) is 4.45. The molecule has 4 heteroatoms. The van der Waals surface area contributed by atoms with Gasteiger partial charge in [-0.1, -0.05) is 61.4 Å². The van der Waals surface area contributed by atoms with Crippen molar-refractivity contribution >= 4 is 26.7 Å². The van der Waals surface area contributed by atoms with Crippen LogP contribution < -0.4 is 10.1 Å². The van der Waals surface area contributed by atoms with Gasteiger partial charge in [-0.15, -0.1) is 0 Å². The number of benzene rings is 2. The van der Waals surface area contributed by atoms with Crippen molar-refractivity contribution in [2.45, 2.75) is 32.7 Å². The third-order valence-electron chi connectivity index (χ3n) is 3.66. The summed E-state index contributed by atoms with van der Waals surface area (Å²) in [6.45, 7) is 3.78. The van der Waals surface area contributed by atoms with E-state index in [2.05, 4.69) is 47.6 Å². The number of hydrogen-bond acceptors (Lipinski definition) is 4. The molecule has 2 aromatic carbocycles. The van der Waals surface area contributed by atoms with Gasteiger partial charge in [0.15, 0.2) is 5.13 Å². The van der Waals surface area contributed by atoms with Crippen LogP contribution in [0.1, 0.15) is 31.7 Å². The molecular formula is C19H22N2OS. The van der Waals surface area contributed by atoms with Crippen LogP contribution in [0.2, 0.25) is 0 Å². The van der Waals surface area contributed by atoms with E-state index >= 15 is 0 Å². The standard InChI is InChI=1S/C19H22N2OS/c1-2-3-7-12-22-16-10-11-17-18(13-16)23-19(21-17)20-14-15-8-5-4-6-9-15/h4-6,8-11,13H,2-3,7,12,14H2,1H3,(H,20,21). The zero-order chi connectivity index (χ0) is 15.9. The number of aromatic nitrogens is 1. The smallest absolute Gasteiger partial charge is 0.184 e. The van der Waals surface area contributed by atoms with Crippen LogP contribution in [0.5, 0.6) is 5.75 Å². The SMILES string of the molecule is CCCCCOc1ccc2nc(NCc3ccccc3)sc2c1. The molecule has 0 saturated carbocycles. The molecule has 0 bridgehead atoms. The lowest BCUT2D eigenvalue weighted by Gasteiger charge is -2.04. The molecule has 0 aliphatic rings. The fourth-order valence-electron chi connectivity index (χ4n) is 2.39. The van der Waals surface area contributed by atoms with Crippen LogP contribution in [0, 0.1) is 0 Å². The molecule has 3 aromatic rings. The Labute approximate surface area is 141 Å². The molecular weight excluding hydrogens is 304 g/mol. The van der Waals surface area contributed by atoms with Crippen molar-refractivity contribution in [2.24, 2.45) is 0 Å². The van der Waals surface area contributed by atoms with Gasteiger partial charge in [0.2, 0.25) is 0 Å². The first-order chi connectivity index (χ1) is 11.3. The normalized spacial score (nSPS) is 10.8. The molecule has 0 unspecified atom stereocenters. The molecule has 0 spiro atoms. The highest BCUT2D eigenvalue weighted by molar-refractivity contribution is 7.22. The van der Waals surface area contributed by atoms with Crippen molar-refractivity contribution in [2.75, 3.05) is 11.9 Å². The maximum Gasteiger partial charge on any atom is 0.184 e. The lowest BCUT2D eigenvalue weighted by atomic mass is 10.2. The highest BCUT2D eigenvalue weighted by atomic mass is 32.1. The van der Waals surface area contributed by atoms with Crippen LogP contribution >= 0.6 is 11.3 Å². The fraction of sp³-hybridized carbons (Fsp3) is 0.316. The number of nitrogens with zero attached hydrogens (tertiary/aromatic N) is 1. The van der Waals surface area contributed by atoms with E-state index in [1.165, 1.54) is 18.4 Å². The van der Waals surface area contributed by atoms with E-state index in [9.17, 15) is 0 Å². The number of nitrogens with one attached hydrogen (secondary N) is 1. The number of unbranched alkanes of at least 4 members (excludes halogenated alkanes) is 2. The van der Waals surface area contributed by atoms with Gasteiger partial charge in [-0.25, -0.2) is 4.98 Å². The minimum Gasteiger partial charge on any atom is -0.494 e. The average Bonchev–Trinajstić information content (AvgIpc) is 3.00. The average molecular weight is 326 g/mol. The van der Waals surface area contributed by atoms with Crippen molar-refractivity contribution in [1.82, 2.24) is 4.98 Å².